The average Bonchev–Trinajstić information content (AvgIpc) is 2.21. The number of carboxylic acid groups (broad SMARTS) is 1. The van der Waals surface area contributed by atoms with Gasteiger partial charge in [-0.1, -0.05) is 18.2 Å². The van der Waals surface area contributed by atoms with E-state index in [4.69, 9.17) is 10.8 Å². The van der Waals surface area contributed by atoms with Crippen molar-refractivity contribution in [2.24, 2.45) is 5.73 Å². The quantitative estimate of drug-likeness (QED) is 0.791. The molecule has 82 valence electrons. The number of aryl methyl sites for hydroxylation is 1. The Morgan fingerprint density at radius 3 is 2.80 bits per heavy atom. The van der Waals surface area contributed by atoms with Gasteiger partial charge < -0.3 is 10.8 Å². The molecule has 3 nitrogen and oxygen atoms in total. The maximum atomic E-state index is 12.4. The Labute approximate surface area is 87.7 Å². The Morgan fingerprint density at radius 2 is 2.27 bits per heavy atom. The number of nitrogens with two attached hydrogens (primary N) is 1. The lowest BCUT2D eigenvalue weighted by Gasteiger charge is -2.10. The number of aliphatic carboxylic acids is 1. The third-order valence-corrected chi connectivity index (χ3v) is 2.32. The van der Waals surface area contributed by atoms with Gasteiger partial charge in [-0.05, 0) is 30.0 Å². The van der Waals surface area contributed by atoms with Crippen LogP contribution in [0.25, 0.3) is 0 Å². The third kappa shape index (κ3) is 3.02. The molecule has 15 heavy (non-hydrogen) atoms. The summed E-state index contributed by atoms with van der Waals surface area (Å²) < 4.78 is 12.4. The highest BCUT2D eigenvalue weighted by Crippen LogP contribution is 2.13. The van der Waals surface area contributed by atoms with Crippen molar-refractivity contribution in [3.8, 4) is 0 Å². The number of hydrogen-bond donors (Lipinski definition) is 2. The molecule has 1 aromatic carbocycles. The minimum atomic E-state index is -1.04. The molecule has 0 bridgehead atoms. The summed E-state index contributed by atoms with van der Waals surface area (Å²) in [6.07, 6.45) is 0.231. The van der Waals surface area contributed by atoms with Crippen molar-refractivity contribution >= 4 is 5.97 Å². The summed E-state index contributed by atoms with van der Waals surface area (Å²) in [5, 5.41) is 8.66. The smallest absolute Gasteiger partial charge is 0.320 e. The fourth-order valence-electron chi connectivity index (χ4n) is 1.35. The number of alkyl halides is 1. The molecule has 0 aromatic heterocycles. The highest BCUT2D eigenvalue weighted by atomic mass is 19.1. The van der Waals surface area contributed by atoms with E-state index in [0.29, 0.717) is 5.56 Å². The second-order valence-electron chi connectivity index (χ2n) is 3.54. The number of carboxylic acids is 1. The molecule has 0 heterocycles. The average molecular weight is 211 g/mol. The van der Waals surface area contributed by atoms with Crippen molar-refractivity contribution < 1.29 is 14.3 Å². The molecule has 0 aliphatic carbocycles. The molecule has 1 unspecified atom stereocenters. The second kappa shape index (κ2) is 4.89. The first-order valence-electron chi connectivity index (χ1n) is 4.67. The number of halogens is 1. The monoisotopic (exact) mass is 211 g/mol. The van der Waals surface area contributed by atoms with Crippen LogP contribution in [0, 0.1) is 6.92 Å². The van der Waals surface area contributed by atoms with Crippen LogP contribution >= 0.6 is 0 Å². The van der Waals surface area contributed by atoms with E-state index in [1.54, 1.807) is 18.2 Å². The molecule has 0 aliphatic heterocycles. The van der Waals surface area contributed by atoms with Gasteiger partial charge >= 0.3 is 5.97 Å². The molecule has 0 amide bonds. The van der Waals surface area contributed by atoms with Crippen molar-refractivity contribution in [3.05, 3.63) is 34.9 Å². The van der Waals surface area contributed by atoms with Crippen LogP contribution in [-0.2, 0) is 17.9 Å². The molecule has 0 spiro atoms. The summed E-state index contributed by atoms with van der Waals surface area (Å²) in [5.41, 5.74) is 7.69. The molecule has 0 radical (unpaired) electrons. The zero-order chi connectivity index (χ0) is 11.4. The predicted molar refractivity (Wildman–Crippen MR) is 55.3 cm³/mol. The van der Waals surface area contributed by atoms with Crippen LogP contribution < -0.4 is 5.73 Å². The number of hydrogen-bond acceptors (Lipinski definition) is 2. The van der Waals surface area contributed by atoms with Gasteiger partial charge in [-0.3, -0.25) is 4.79 Å². The van der Waals surface area contributed by atoms with Gasteiger partial charge in [-0.15, -0.1) is 0 Å². The summed E-state index contributed by atoms with van der Waals surface area (Å²) >= 11 is 0. The fourth-order valence-corrected chi connectivity index (χ4v) is 1.35. The number of carbonyl (C=O) groups is 1. The van der Waals surface area contributed by atoms with E-state index >= 15 is 0 Å². The van der Waals surface area contributed by atoms with E-state index in [-0.39, 0.29) is 6.42 Å². The molecule has 0 aliphatic rings. The fraction of sp³-hybridized carbons (Fsp3) is 0.364. The molecule has 1 rings (SSSR count). The van der Waals surface area contributed by atoms with E-state index < -0.39 is 18.7 Å². The Bertz CT molecular complexity index is 366. The minimum Gasteiger partial charge on any atom is -0.480 e. The standard InChI is InChI=1S/C11H14FNO2/c1-7-2-3-8(6-12)4-9(7)5-10(13)11(14)15/h2-4,10H,5-6,13H2,1H3,(H,14,15). The lowest BCUT2D eigenvalue weighted by Crippen LogP contribution is -2.32. The van der Waals surface area contributed by atoms with Crippen LogP contribution in [0.5, 0.6) is 0 Å². The zero-order valence-corrected chi connectivity index (χ0v) is 8.53. The molecule has 0 saturated heterocycles. The minimum absolute atomic E-state index is 0.231. The Morgan fingerprint density at radius 1 is 1.60 bits per heavy atom. The Kier molecular flexibility index (Phi) is 3.80. The molecule has 0 saturated carbocycles. The molecule has 1 aromatic rings. The molecule has 4 heteroatoms. The normalized spacial score (nSPS) is 12.5. The van der Waals surface area contributed by atoms with Crippen molar-refractivity contribution in [2.45, 2.75) is 26.1 Å². The van der Waals surface area contributed by atoms with Gasteiger partial charge in [0.2, 0.25) is 0 Å². The SMILES string of the molecule is Cc1ccc(CF)cc1CC(N)C(=O)O. The summed E-state index contributed by atoms with van der Waals surface area (Å²) in [4.78, 5) is 10.6. The topological polar surface area (TPSA) is 63.3 Å². The maximum Gasteiger partial charge on any atom is 0.320 e. The van der Waals surface area contributed by atoms with Crippen molar-refractivity contribution in [3.63, 3.8) is 0 Å². The molecule has 0 fully saturated rings. The van der Waals surface area contributed by atoms with Gasteiger partial charge in [0.15, 0.2) is 0 Å². The molecular formula is C11H14FNO2. The first kappa shape index (κ1) is 11.7. The predicted octanol–water partition coefficient (Wildman–Crippen LogP) is 1.42. The van der Waals surface area contributed by atoms with Gasteiger partial charge in [-0.25, -0.2) is 4.39 Å². The first-order chi connectivity index (χ1) is 7.04. The van der Waals surface area contributed by atoms with Gasteiger partial charge in [0, 0.05) is 0 Å². The number of benzene rings is 1. The second-order valence-corrected chi connectivity index (χ2v) is 3.54. The number of rotatable bonds is 4. The summed E-state index contributed by atoms with van der Waals surface area (Å²) in [7, 11) is 0. The van der Waals surface area contributed by atoms with Crippen molar-refractivity contribution in [1.82, 2.24) is 0 Å². The van der Waals surface area contributed by atoms with E-state index in [9.17, 15) is 9.18 Å². The Hall–Kier alpha value is -1.42. The van der Waals surface area contributed by atoms with Crippen LogP contribution in [0.2, 0.25) is 0 Å². The first-order valence-corrected chi connectivity index (χ1v) is 4.67. The molecular weight excluding hydrogens is 197 g/mol. The van der Waals surface area contributed by atoms with E-state index in [1.807, 2.05) is 6.92 Å². The van der Waals surface area contributed by atoms with Crippen LogP contribution in [-0.4, -0.2) is 17.1 Å². The van der Waals surface area contributed by atoms with Gasteiger partial charge in [-0.2, -0.15) is 0 Å². The highest BCUT2D eigenvalue weighted by molar-refractivity contribution is 5.73. The van der Waals surface area contributed by atoms with Gasteiger partial charge in [0.1, 0.15) is 12.7 Å². The van der Waals surface area contributed by atoms with E-state index in [2.05, 4.69) is 0 Å². The third-order valence-electron chi connectivity index (χ3n) is 2.32. The molecule has 1 atom stereocenters. The highest BCUT2D eigenvalue weighted by Gasteiger charge is 2.13. The molecule has 3 N–H and O–H groups in total. The zero-order valence-electron chi connectivity index (χ0n) is 8.53. The summed E-state index contributed by atoms with van der Waals surface area (Å²) in [6.45, 7) is 1.31. The van der Waals surface area contributed by atoms with Crippen molar-refractivity contribution in [2.75, 3.05) is 0 Å². The van der Waals surface area contributed by atoms with Crippen LogP contribution in [0.1, 0.15) is 16.7 Å². The lowest BCUT2D eigenvalue weighted by molar-refractivity contribution is -0.138. The van der Waals surface area contributed by atoms with Crippen molar-refractivity contribution in [1.29, 1.82) is 0 Å². The summed E-state index contributed by atoms with van der Waals surface area (Å²) in [6, 6.07) is 4.20. The van der Waals surface area contributed by atoms with Crippen LogP contribution in [0.3, 0.4) is 0 Å². The van der Waals surface area contributed by atoms with Crippen LogP contribution in [0.4, 0.5) is 4.39 Å². The van der Waals surface area contributed by atoms with E-state index in [0.717, 1.165) is 11.1 Å². The van der Waals surface area contributed by atoms with E-state index in [1.165, 1.54) is 0 Å². The Balaban J connectivity index is 2.88. The largest absolute Gasteiger partial charge is 0.480 e. The van der Waals surface area contributed by atoms with Crippen LogP contribution in [0.15, 0.2) is 18.2 Å². The lowest BCUT2D eigenvalue weighted by atomic mass is 9.99. The van der Waals surface area contributed by atoms with Gasteiger partial charge in [0.25, 0.3) is 0 Å². The maximum absolute atomic E-state index is 12.4. The summed E-state index contributed by atoms with van der Waals surface area (Å²) in [5.74, 6) is -1.04. The van der Waals surface area contributed by atoms with Gasteiger partial charge in [0.05, 0.1) is 0 Å².